The van der Waals surface area contributed by atoms with Crippen molar-refractivity contribution in [2.45, 2.75) is 26.7 Å². The first-order valence-corrected chi connectivity index (χ1v) is 10.6. The van der Waals surface area contributed by atoms with Gasteiger partial charge < -0.3 is 10.2 Å². The number of thiazole rings is 1. The molecular weight excluding hydrogens is 405 g/mol. The quantitative estimate of drug-likeness (QED) is 0.656. The van der Waals surface area contributed by atoms with Crippen LogP contribution in [0.3, 0.4) is 0 Å². The zero-order valence-corrected chi connectivity index (χ0v) is 17.6. The number of nitrogens with one attached hydrogen (secondary N) is 1. The third-order valence-electron chi connectivity index (χ3n) is 5.04. The Morgan fingerprint density at radius 2 is 2.07 bits per heavy atom. The van der Waals surface area contributed by atoms with Gasteiger partial charge in [-0.2, -0.15) is 5.10 Å². The van der Waals surface area contributed by atoms with Crippen LogP contribution in [-0.4, -0.2) is 39.7 Å². The Morgan fingerprint density at radius 3 is 2.77 bits per heavy atom. The molecule has 1 aliphatic heterocycles. The Balaban J connectivity index is 1.30. The van der Waals surface area contributed by atoms with Crippen LogP contribution in [0, 0.1) is 25.6 Å². The number of hydrogen-bond acceptors (Lipinski definition) is 5. The van der Waals surface area contributed by atoms with E-state index in [1.165, 1.54) is 28.4 Å². The lowest BCUT2D eigenvalue weighted by Crippen LogP contribution is -2.34. The van der Waals surface area contributed by atoms with Crippen LogP contribution in [0.1, 0.15) is 23.5 Å². The fourth-order valence-corrected chi connectivity index (χ4v) is 4.41. The molecule has 1 N–H and O–H groups in total. The standard InChI is InChI=1S/C21H22FN5O2S/c1-13-9-14(2)27(25-13)21-24-17(12-30-21)7-8-23-20(29)15-10-19(28)26(11-15)18-5-3-16(22)4-6-18/h3-6,9,12,15H,7-8,10-11H2,1-2H3,(H,23,29). The van der Waals surface area contributed by atoms with E-state index in [1.807, 2.05) is 30.0 Å². The van der Waals surface area contributed by atoms with E-state index in [-0.39, 0.29) is 24.1 Å². The lowest BCUT2D eigenvalue weighted by Gasteiger charge is -2.16. The zero-order chi connectivity index (χ0) is 21.3. The lowest BCUT2D eigenvalue weighted by atomic mass is 10.1. The summed E-state index contributed by atoms with van der Waals surface area (Å²) in [5.41, 5.74) is 3.46. The summed E-state index contributed by atoms with van der Waals surface area (Å²) in [6.07, 6.45) is 0.756. The number of amides is 2. The molecule has 1 atom stereocenters. The lowest BCUT2D eigenvalue weighted by molar-refractivity contribution is -0.126. The number of benzene rings is 1. The van der Waals surface area contributed by atoms with Crippen molar-refractivity contribution >= 4 is 28.8 Å². The highest BCUT2D eigenvalue weighted by Crippen LogP contribution is 2.25. The van der Waals surface area contributed by atoms with Gasteiger partial charge in [-0.05, 0) is 44.2 Å². The van der Waals surface area contributed by atoms with Crippen LogP contribution in [0.5, 0.6) is 0 Å². The van der Waals surface area contributed by atoms with Crippen molar-refractivity contribution in [3.05, 3.63) is 58.6 Å². The molecule has 9 heteroatoms. The summed E-state index contributed by atoms with van der Waals surface area (Å²) in [4.78, 5) is 30.9. The second kappa shape index (κ2) is 8.35. The molecule has 1 saturated heterocycles. The molecule has 1 aliphatic rings. The Hall–Kier alpha value is -3.07. The molecule has 0 aliphatic carbocycles. The summed E-state index contributed by atoms with van der Waals surface area (Å²) in [5, 5.41) is 10.1. The maximum atomic E-state index is 13.1. The molecule has 1 aromatic carbocycles. The molecule has 1 fully saturated rings. The normalized spacial score (nSPS) is 16.3. The maximum absolute atomic E-state index is 13.1. The molecule has 0 bridgehead atoms. The number of aromatic nitrogens is 3. The van der Waals surface area contributed by atoms with Crippen molar-refractivity contribution in [1.29, 1.82) is 0 Å². The Labute approximate surface area is 177 Å². The molecule has 2 amide bonds. The van der Waals surface area contributed by atoms with Crippen LogP contribution in [0.4, 0.5) is 10.1 Å². The minimum absolute atomic E-state index is 0.129. The van der Waals surface area contributed by atoms with Gasteiger partial charge in [0, 0.05) is 42.7 Å². The van der Waals surface area contributed by atoms with E-state index in [0.717, 1.165) is 22.2 Å². The highest BCUT2D eigenvalue weighted by molar-refractivity contribution is 7.12. The summed E-state index contributed by atoms with van der Waals surface area (Å²) in [6.45, 7) is 4.67. The topological polar surface area (TPSA) is 80.1 Å². The van der Waals surface area contributed by atoms with Gasteiger partial charge in [0.2, 0.25) is 16.9 Å². The van der Waals surface area contributed by atoms with Crippen molar-refractivity contribution in [2.75, 3.05) is 18.0 Å². The zero-order valence-electron chi connectivity index (χ0n) is 16.8. The van der Waals surface area contributed by atoms with Crippen molar-refractivity contribution in [2.24, 2.45) is 5.92 Å². The average Bonchev–Trinajstić information content (AvgIpc) is 3.41. The number of anilines is 1. The third kappa shape index (κ3) is 4.25. The molecule has 0 radical (unpaired) electrons. The van der Waals surface area contributed by atoms with Crippen LogP contribution >= 0.6 is 11.3 Å². The van der Waals surface area contributed by atoms with Gasteiger partial charge in [-0.1, -0.05) is 0 Å². The predicted octanol–water partition coefficient (Wildman–Crippen LogP) is 2.80. The number of nitrogens with zero attached hydrogens (tertiary/aromatic N) is 4. The fraction of sp³-hybridized carbons (Fsp3) is 0.333. The average molecular weight is 428 g/mol. The molecule has 156 valence electrons. The van der Waals surface area contributed by atoms with E-state index < -0.39 is 5.92 Å². The fourth-order valence-electron chi connectivity index (χ4n) is 3.54. The highest BCUT2D eigenvalue weighted by Gasteiger charge is 2.34. The highest BCUT2D eigenvalue weighted by atomic mass is 32.1. The van der Waals surface area contributed by atoms with Gasteiger partial charge in [0.05, 0.1) is 17.3 Å². The molecule has 0 saturated carbocycles. The van der Waals surface area contributed by atoms with E-state index in [9.17, 15) is 14.0 Å². The first kappa shape index (κ1) is 20.2. The smallest absolute Gasteiger partial charge is 0.227 e. The summed E-state index contributed by atoms with van der Waals surface area (Å²) in [7, 11) is 0. The van der Waals surface area contributed by atoms with E-state index in [2.05, 4.69) is 15.4 Å². The maximum Gasteiger partial charge on any atom is 0.227 e. The summed E-state index contributed by atoms with van der Waals surface area (Å²) in [6, 6.07) is 7.72. The molecular formula is C21H22FN5O2S. The van der Waals surface area contributed by atoms with E-state index >= 15 is 0 Å². The van der Waals surface area contributed by atoms with Gasteiger partial charge in [-0.25, -0.2) is 14.1 Å². The second-order valence-corrected chi connectivity index (χ2v) is 8.22. The molecule has 7 nitrogen and oxygen atoms in total. The largest absolute Gasteiger partial charge is 0.355 e. The number of hydrogen-bond donors (Lipinski definition) is 1. The van der Waals surface area contributed by atoms with Crippen LogP contribution in [0.25, 0.3) is 5.13 Å². The molecule has 0 spiro atoms. The Kier molecular flexibility index (Phi) is 5.63. The van der Waals surface area contributed by atoms with Gasteiger partial charge in [0.1, 0.15) is 5.82 Å². The van der Waals surface area contributed by atoms with Crippen LogP contribution in [0.2, 0.25) is 0 Å². The van der Waals surface area contributed by atoms with Crippen LogP contribution in [0.15, 0.2) is 35.7 Å². The number of carbonyl (C=O) groups excluding carboxylic acids is 2. The summed E-state index contributed by atoms with van der Waals surface area (Å²) >= 11 is 1.51. The second-order valence-electron chi connectivity index (χ2n) is 7.38. The predicted molar refractivity (Wildman–Crippen MR) is 112 cm³/mol. The summed E-state index contributed by atoms with van der Waals surface area (Å²) in [5.74, 6) is -1.05. The number of carbonyl (C=O) groups is 2. The van der Waals surface area contributed by atoms with Crippen molar-refractivity contribution in [3.8, 4) is 5.13 Å². The van der Waals surface area contributed by atoms with Gasteiger partial charge in [-0.3, -0.25) is 9.59 Å². The third-order valence-corrected chi connectivity index (χ3v) is 5.91. The monoisotopic (exact) mass is 427 g/mol. The van der Waals surface area contributed by atoms with E-state index in [4.69, 9.17) is 0 Å². The van der Waals surface area contributed by atoms with E-state index in [0.29, 0.717) is 25.2 Å². The molecule has 30 heavy (non-hydrogen) atoms. The molecule has 3 aromatic rings. The van der Waals surface area contributed by atoms with E-state index in [1.54, 1.807) is 12.1 Å². The number of halogens is 1. The van der Waals surface area contributed by atoms with Crippen molar-refractivity contribution < 1.29 is 14.0 Å². The molecule has 1 unspecified atom stereocenters. The molecule has 3 heterocycles. The SMILES string of the molecule is Cc1cc(C)n(-c2nc(CCNC(=O)C3CC(=O)N(c4ccc(F)cc4)C3)cs2)n1. The van der Waals surface area contributed by atoms with Gasteiger partial charge in [0.25, 0.3) is 0 Å². The van der Waals surface area contributed by atoms with Crippen molar-refractivity contribution in [1.82, 2.24) is 20.1 Å². The number of aryl methyl sites for hydroxylation is 2. The molecule has 4 rings (SSSR count). The van der Waals surface area contributed by atoms with Crippen molar-refractivity contribution in [3.63, 3.8) is 0 Å². The Morgan fingerprint density at radius 1 is 1.30 bits per heavy atom. The van der Waals surface area contributed by atoms with Crippen LogP contribution < -0.4 is 10.2 Å². The first-order chi connectivity index (χ1) is 14.4. The minimum Gasteiger partial charge on any atom is -0.355 e. The van der Waals surface area contributed by atoms with Gasteiger partial charge in [-0.15, -0.1) is 11.3 Å². The summed E-state index contributed by atoms with van der Waals surface area (Å²) < 4.78 is 14.9. The van der Waals surface area contributed by atoms with Gasteiger partial charge >= 0.3 is 0 Å². The number of rotatable bonds is 6. The van der Waals surface area contributed by atoms with Crippen LogP contribution in [-0.2, 0) is 16.0 Å². The molecule has 2 aromatic heterocycles. The Bertz CT molecular complexity index is 1080. The van der Waals surface area contributed by atoms with Gasteiger partial charge in [0.15, 0.2) is 0 Å². The first-order valence-electron chi connectivity index (χ1n) is 9.72. The minimum atomic E-state index is -0.414.